The summed E-state index contributed by atoms with van der Waals surface area (Å²) < 4.78 is 10.8. The third-order valence-corrected chi connectivity index (χ3v) is 7.12. The van der Waals surface area contributed by atoms with Crippen molar-refractivity contribution in [2.24, 2.45) is 5.73 Å². The first kappa shape index (κ1) is 27.1. The normalized spacial score (nSPS) is 14.3. The molecular formula is C31H34N4O5. The topological polar surface area (TPSA) is 127 Å². The van der Waals surface area contributed by atoms with Crippen LogP contribution in [0.2, 0.25) is 0 Å². The summed E-state index contributed by atoms with van der Waals surface area (Å²) in [4.78, 5) is 42.9. The number of piperidine rings is 1. The fourth-order valence-electron chi connectivity index (χ4n) is 5.11. The average Bonchev–Trinajstić information content (AvgIpc) is 3.29. The number of fused-ring (bicyclic) bond motifs is 3. The van der Waals surface area contributed by atoms with E-state index in [0.717, 1.165) is 27.4 Å². The number of aromatic nitrogens is 1. The quantitative estimate of drug-likeness (QED) is 0.319. The van der Waals surface area contributed by atoms with Gasteiger partial charge in [0.05, 0.1) is 18.2 Å². The standard InChI is InChI=1S/C31H34N4O5/c1-31(2,3)40-30(38)35-12-10-21(11-13-35)33-29(37)19-8-9-23-24-15-20(18-6-5-7-22(14-18)39-4)16-25(28(32)36)27(24)34-26(23)17-19/h5-9,14-17,21,34H,10-13H2,1-4H3,(H2,32,36)(H,33,37). The molecule has 208 valence electrons. The lowest BCUT2D eigenvalue weighted by atomic mass is 9.98. The molecule has 5 rings (SSSR count). The molecule has 0 radical (unpaired) electrons. The van der Waals surface area contributed by atoms with Gasteiger partial charge in [-0.25, -0.2) is 4.79 Å². The highest BCUT2D eigenvalue weighted by molar-refractivity contribution is 6.17. The van der Waals surface area contributed by atoms with Gasteiger partial charge in [0.25, 0.3) is 11.8 Å². The van der Waals surface area contributed by atoms with Crippen molar-refractivity contribution in [2.75, 3.05) is 20.2 Å². The van der Waals surface area contributed by atoms with E-state index >= 15 is 0 Å². The van der Waals surface area contributed by atoms with Gasteiger partial charge in [-0.2, -0.15) is 0 Å². The average molecular weight is 543 g/mol. The zero-order chi connectivity index (χ0) is 28.6. The van der Waals surface area contributed by atoms with Crippen molar-refractivity contribution in [1.29, 1.82) is 0 Å². The van der Waals surface area contributed by atoms with E-state index in [1.165, 1.54) is 0 Å². The van der Waals surface area contributed by atoms with Gasteiger partial charge in [0.2, 0.25) is 0 Å². The molecule has 1 aliphatic heterocycles. The van der Waals surface area contributed by atoms with Gasteiger partial charge < -0.3 is 30.4 Å². The third kappa shape index (κ3) is 5.59. The van der Waals surface area contributed by atoms with Gasteiger partial charge in [0.1, 0.15) is 11.4 Å². The van der Waals surface area contributed by atoms with E-state index in [0.29, 0.717) is 48.3 Å². The maximum Gasteiger partial charge on any atom is 0.410 e. The second-order valence-electron chi connectivity index (χ2n) is 11.1. The van der Waals surface area contributed by atoms with Crippen LogP contribution < -0.4 is 15.8 Å². The Hall–Kier alpha value is -4.53. The van der Waals surface area contributed by atoms with Crippen LogP contribution in [0.1, 0.15) is 54.3 Å². The van der Waals surface area contributed by atoms with Gasteiger partial charge in [-0.3, -0.25) is 9.59 Å². The number of benzene rings is 3. The van der Waals surface area contributed by atoms with Crippen molar-refractivity contribution in [1.82, 2.24) is 15.2 Å². The third-order valence-electron chi connectivity index (χ3n) is 7.12. The van der Waals surface area contributed by atoms with Crippen molar-refractivity contribution in [2.45, 2.75) is 45.3 Å². The Morgan fingerprint density at radius 3 is 2.40 bits per heavy atom. The Bertz CT molecular complexity index is 1610. The SMILES string of the molecule is COc1cccc(-c2cc(C(N)=O)c3[nH]c4cc(C(=O)NC5CCN(C(=O)OC(C)(C)C)CC5)ccc4c3c2)c1. The Labute approximate surface area is 232 Å². The summed E-state index contributed by atoms with van der Waals surface area (Å²) >= 11 is 0. The van der Waals surface area contributed by atoms with Crippen molar-refractivity contribution < 1.29 is 23.9 Å². The molecule has 2 heterocycles. The van der Waals surface area contributed by atoms with Gasteiger partial charge in [-0.1, -0.05) is 18.2 Å². The molecule has 4 aromatic rings. The fourth-order valence-corrected chi connectivity index (χ4v) is 5.11. The molecule has 9 nitrogen and oxygen atoms in total. The number of carbonyl (C=O) groups excluding carboxylic acids is 3. The summed E-state index contributed by atoms with van der Waals surface area (Å²) in [7, 11) is 1.61. The van der Waals surface area contributed by atoms with E-state index in [-0.39, 0.29) is 18.0 Å². The second kappa shape index (κ2) is 10.6. The summed E-state index contributed by atoms with van der Waals surface area (Å²) in [6, 6.07) is 16.8. The highest BCUT2D eigenvalue weighted by Crippen LogP contribution is 2.34. The number of aromatic amines is 1. The van der Waals surface area contributed by atoms with Crippen LogP contribution in [0, 0.1) is 0 Å². The molecule has 0 spiro atoms. The fraction of sp³-hybridized carbons (Fsp3) is 0.323. The number of hydrogen-bond acceptors (Lipinski definition) is 5. The van der Waals surface area contributed by atoms with Crippen LogP contribution in [0.25, 0.3) is 32.9 Å². The minimum absolute atomic E-state index is 0.0449. The maximum atomic E-state index is 13.1. The van der Waals surface area contributed by atoms with E-state index < -0.39 is 11.5 Å². The number of nitrogens with one attached hydrogen (secondary N) is 2. The predicted octanol–water partition coefficient (Wildman–Crippen LogP) is 5.22. The zero-order valence-corrected chi connectivity index (χ0v) is 23.2. The van der Waals surface area contributed by atoms with Gasteiger partial charge in [-0.05, 0) is 81.1 Å². The Kier molecular flexibility index (Phi) is 7.14. The van der Waals surface area contributed by atoms with E-state index in [4.69, 9.17) is 15.2 Å². The number of amides is 3. The van der Waals surface area contributed by atoms with E-state index in [1.54, 1.807) is 30.2 Å². The summed E-state index contributed by atoms with van der Waals surface area (Å²) in [5.41, 5.74) is 9.18. The van der Waals surface area contributed by atoms with Crippen molar-refractivity contribution in [3.8, 4) is 16.9 Å². The highest BCUT2D eigenvalue weighted by Gasteiger charge is 2.28. The lowest BCUT2D eigenvalue weighted by Gasteiger charge is -2.33. The Morgan fingerprint density at radius 1 is 0.975 bits per heavy atom. The number of primary amides is 1. The van der Waals surface area contributed by atoms with Crippen LogP contribution in [0.15, 0.2) is 54.6 Å². The van der Waals surface area contributed by atoms with Gasteiger partial charge >= 0.3 is 6.09 Å². The number of nitrogens with zero attached hydrogens (tertiary/aromatic N) is 1. The summed E-state index contributed by atoms with van der Waals surface area (Å²) in [5, 5.41) is 4.81. The van der Waals surface area contributed by atoms with E-state index in [1.807, 2.05) is 57.2 Å². The molecule has 1 aromatic heterocycles. The number of H-pyrrole nitrogens is 1. The summed E-state index contributed by atoms with van der Waals surface area (Å²) in [6.07, 6.45) is 0.968. The molecule has 1 aliphatic rings. The van der Waals surface area contributed by atoms with Crippen LogP contribution >= 0.6 is 0 Å². The smallest absolute Gasteiger partial charge is 0.410 e. The summed E-state index contributed by atoms with van der Waals surface area (Å²) in [5.74, 6) is -0.0243. The Morgan fingerprint density at radius 2 is 1.73 bits per heavy atom. The second-order valence-corrected chi connectivity index (χ2v) is 11.1. The first-order chi connectivity index (χ1) is 19.0. The molecule has 0 bridgehead atoms. The molecule has 3 aromatic carbocycles. The lowest BCUT2D eigenvalue weighted by molar-refractivity contribution is 0.0199. The zero-order valence-electron chi connectivity index (χ0n) is 23.2. The Balaban J connectivity index is 1.37. The lowest BCUT2D eigenvalue weighted by Crippen LogP contribution is -2.47. The molecule has 0 unspecified atom stereocenters. The number of nitrogens with two attached hydrogens (primary N) is 1. The minimum Gasteiger partial charge on any atom is -0.497 e. The van der Waals surface area contributed by atoms with Crippen molar-refractivity contribution in [3.63, 3.8) is 0 Å². The molecule has 9 heteroatoms. The van der Waals surface area contributed by atoms with Crippen molar-refractivity contribution >= 4 is 39.7 Å². The molecule has 0 atom stereocenters. The van der Waals surface area contributed by atoms with Crippen LogP contribution in [0.5, 0.6) is 5.75 Å². The molecule has 3 amide bonds. The highest BCUT2D eigenvalue weighted by atomic mass is 16.6. The molecule has 40 heavy (non-hydrogen) atoms. The number of likely N-dealkylation sites (tertiary alicyclic amines) is 1. The van der Waals surface area contributed by atoms with Crippen molar-refractivity contribution in [3.05, 3.63) is 65.7 Å². The molecule has 1 fully saturated rings. The van der Waals surface area contributed by atoms with Crippen LogP contribution in [0.3, 0.4) is 0 Å². The largest absolute Gasteiger partial charge is 0.497 e. The molecule has 0 aliphatic carbocycles. The maximum absolute atomic E-state index is 13.1. The monoisotopic (exact) mass is 542 g/mol. The number of ether oxygens (including phenoxy) is 2. The molecule has 1 saturated heterocycles. The van der Waals surface area contributed by atoms with E-state index in [2.05, 4.69) is 10.3 Å². The van der Waals surface area contributed by atoms with Crippen LogP contribution in [0.4, 0.5) is 4.79 Å². The molecule has 0 saturated carbocycles. The van der Waals surface area contributed by atoms with Gasteiger partial charge in [0.15, 0.2) is 0 Å². The van der Waals surface area contributed by atoms with Crippen LogP contribution in [-0.2, 0) is 4.74 Å². The van der Waals surface area contributed by atoms with Gasteiger partial charge in [0, 0.05) is 41.0 Å². The summed E-state index contributed by atoms with van der Waals surface area (Å²) in [6.45, 7) is 6.57. The predicted molar refractivity (Wildman–Crippen MR) is 155 cm³/mol. The first-order valence-electron chi connectivity index (χ1n) is 13.3. The molecule has 4 N–H and O–H groups in total. The van der Waals surface area contributed by atoms with Gasteiger partial charge in [-0.15, -0.1) is 0 Å². The molecular weight excluding hydrogens is 508 g/mol. The first-order valence-corrected chi connectivity index (χ1v) is 13.3. The van der Waals surface area contributed by atoms with Crippen LogP contribution in [-0.4, -0.2) is 59.6 Å². The number of hydrogen-bond donors (Lipinski definition) is 3. The van der Waals surface area contributed by atoms with E-state index in [9.17, 15) is 14.4 Å². The number of carbonyl (C=O) groups is 3. The minimum atomic E-state index is -0.544. The number of rotatable bonds is 5. The number of methoxy groups -OCH3 is 1.